The third-order valence-corrected chi connectivity index (χ3v) is 9.61. The molecule has 0 saturated heterocycles. The first kappa shape index (κ1) is 35.9. The summed E-state index contributed by atoms with van der Waals surface area (Å²) in [5.41, 5.74) is -3.80. The van der Waals surface area contributed by atoms with Crippen molar-refractivity contribution in [1.29, 1.82) is 0 Å². The SMILES string of the molecule is Cc1cc(F)ccc1-c1cc([C@H]2CC[C@H](C(C)(C)C(=O)O)CC2)ncc1N(C)C(=O)C(C)(C)c1cc(C(F)(F)F)cc(C(F)(F)F)c1. The molecule has 0 bridgehead atoms. The fourth-order valence-electron chi connectivity index (χ4n) is 6.35. The fraction of sp³-hybridized carbons (Fsp3) is 0.457. The molecule has 0 atom stereocenters. The van der Waals surface area contributed by atoms with Crippen LogP contribution in [0.1, 0.15) is 87.2 Å². The van der Waals surface area contributed by atoms with Crippen molar-refractivity contribution in [2.45, 2.75) is 84.0 Å². The van der Waals surface area contributed by atoms with Gasteiger partial charge in [-0.1, -0.05) is 6.07 Å². The Hall–Kier alpha value is -3.96. The molecule has 47 heavy (non-hydrogen) atoms. The predicted molar refractivity (Wildman–Crippen MR) is 163 cm³/mol. The number of carbonyl (C=O) groups is 2. The third-order valence-electron chi connectivity index (χ3n) is 9.61. The molecule has 1 aliphatic rings. The molecule has 0 radical (unpaired) electrons. The summed E-state index contributed by atoms with van der Waals surface area (Å²) in [5.74, 6) is -2.22. The second-order valence-corrected chi connectivity index (χ2v) is 13.4. The highest BCUT2D eigenvalue weighted by Gasteiger charge is 2.42. The van der Waals surface area contributed by atoms with Crippen LogP contribution in [-0.4, -0.2) is 29.0 Å². The van der Waals surface area contributed by atoms with Gasteiger partial charge >= 0.3 is 18.3 Å². The van der Waals surface area contributed by atoms with Gasteiger partial charge in [-0.25, -0.2) is 4.39 Å². The Balaban J connectivity index is 1.76. The molecule has 12 heteroatoms. The highest BCUT2D eigenvalue weighted by atomic mass is 19.4. The fourth-order valence-corrected chi connectivity index (χ4v) is 6.35. The van der Waals surface area contributed by atoms with E-state index in [1.54, 1.807) is 26.8 Å². The van der Waals surface area contributed by atoms with Gasteiger partial charge in [-0.3, -0.25) is 14.6 Å². The molecule has 254 valence electrons. The van der Waals surface area contributed by atoms with Crippen LogP contribution >= 0.6 is 0 Å². The number of halogens is 7. The van der Waals surface area contributed by atoms with E-state index >= 15 is 0 Å². The molecule has 1 aliphatic carbocycles. The first-order chi connectivity index (χ1) is 21.5. The zero-order valence-corrected chi connectivity index (χ0v) is 26.9. The number of hydrogen-bond acceptors (Lipinski definition) is 3. The molecule has 1 heterocycles. The number of carboxylic acids is 1. The highest BCUT2D eigenvalue weighted by molar-refractivity contribution is 6.03. The molecule has 1 aromatic heterocycles. The van der Waals surface area contributed by atoms with E-state index in [1.165, 1.54) is 45.3 Å². The lowest BCUT2D eigenvalue weighted by Crippen LogP contribution is -2.42. The lowest BCUT2D eigenvalue weighted by molar-refractivity contribution is -0.151. The summed E-state index contributed by atoms with van der Waals surface area (Å²) in [6.07, 6.45) is -6.11. The normalized spacial score (nSPS) is 17.8. The van der Waals surface area contributed by atoms with Crippen molar-refractivity contribution in [3.63, 3.8) is 0 Å². The van der Waals surface area contributed by atoms with Crippen LogP contribution < -0.4 is 4.90 Å². The van der Waals surface area contributed by atoms with Crippen LogP contribution in [-0.2, 0) is 27.4 Å². The second kappa shape index (κ2) is 12.6. The number of amides is 1. The number of carboxylic acid groups (broad SMARTS) is 1. The Morgan fingerprint density at radius 2 is 1.34 bits per heavy atom. The van der Waals surface area contributed by atoms with Crippen molar-refractivity contribution in [3.05, 3.63) is 82.4 Å². The first-order valence-corrected chi connectivity index (χ1v) is 15.1. The van der Waals surface area contributed by atoms with E-state index in [1.807, 2.05) is 0 Å². The van der Waals surface area contributed by atoms with Gasteiger partial charge in [-0.2, -0.15) is 26.3 Å². The number of carbonyl (C=O) groups excluding carboxylic acids is 1. The maximum atomic E-state index is 14.1. The maximum Gasteiger partial charge on any atom is 0.416 e. The topological polar surface area (TPSA) is 70.5 Å². The van der Waals surface area contributed by atoms with Crippen LogP contribution in [0.3, 0.4) is 0 Å². The molecule has 0 unspecified atom stereocenters. The maximum absolute atomic E-state index is 14.1. The van der Waals surface area contributed by atoms with E-state index in [2.05, 4.69) is 4.98 Å². The van der Waals surface area contributed by atoms with Crippen LogP contribution in [0.15, 0.2) is 48.7 Å². The van der Waals surface area contributed by atoms with E-state index in [-0.39, 0.29) is 23.6 Å². The number of alkyl halides is 6. The molecule has 0 aliphatic heterocycles. The smallest absolute Gasteiger partial charge is 0.416 e. The minimum Gasteiger partial charge on any atom is -0.481 e. The predicted octanol–water partition coefficient (Wildman–Crippen LogP) is 9.56. The van der Waals surface area contributed by atoms with Crippen LogP contribution in [0.4, 0.5) is 36.4 Å². The Morgan fingerprint density at radius 3 is 1.83 bits per heavy atom. The third kappa shape index (κ3) is 7.31. The average Bonchev–Trinajstić information content (AvgIpc) is 2.99. The molecule has 3 aromatic rings. The Labute approximate surface area is 268 Å². The molecule has 1 saturated carbocycles. The van der Waals surface area contributed by atoms with Gasteiger partial charge in [0.1, 0.15) is 5.82 Å². The van der Waals surface area contributed by atoms with Crippen LogP contribution in [0.2, 0.25) is 0 Å². The monoisotopic (exact) mass is 666 g/mol. The van der Waals surface area contributed by atoms with E-state index in [4.69, 9.17) is 0 Å². The van der Waals surface area contributed by atoms with Gasteiger partial charge < -0.3 is 10.0 Å². The summed E-state index contributed by atoms with van der Waals surface area (Å²) < 4.78 is 95.9. The van der Waals surface area contributed by atoms with Gasteiger partial charge in [0.2, 0.25) is 5.91 Å². The minimum atomic E-state index is -5.09. The largest absolute Gasteiger partial charge is 0.481 e. The van der Waals surface area contributed by atoms with Gasteiger partial charge in [0, 0.05) is 24.2 Å². The number of anilines is 1. The van der Waals surface area contributed by atoms with Crippen LogP contribution in [0, 0.1) is 24.1 Å². The minimum absolute atomic E-state index is 0.0158. The van der Waals surface area contributed by atoms with Gasteiger partial charge in [0.05, 0.1) is 33.8 Å². The number of pyridine rings is 1. The Kier molecular flexibility index (Phi) is 9.60. The lowest BCUT2D eigenvalue weighted by atomic mass is 9.68. The number of likely N-dealkylation sites (N-methyl/N-ethyl adjacent to an activating group) is 1. The van der Waals surface area contributed by atoms with E-state index in [9.17, 15) is 45.4 Å². The molecule has 5 nitrogen and oxygen atoms in total. The van der Waals surface area contributed by atoms with Gasteiger partial charge in [-0.05, 0) is 119 Å². The number of nitrogens with zero attached hydrogens (tertiary/aromatic N) is 2. The zero-order valence-electron chi connectivity index (χ0n) is 26.9. The molecule has 2 aromatic carbocycles. The molecule has 1 N–H and O–H groups in total. The van der Waals surface area contributed by atoms with Gasteiger partial charge in [-0.15, -0.1) is 0 Å². The summed E-state index contributed by atoms with van der Waals surface area (Å²) in [7, 11) is 1.36. The number of aromatic nitrogens is 1. The van der Waals surface area contributed by atoms with E-state index < -0.39 is 57.6 Å². The van der Waals surface area contributed by atoms with Crippen molar-refractivity contribution < 1.29 is 45.4 Å². The van der Waals surface area contributed by atoms with Crippen LogP contribution in [0.25, 0.3) is 11.1 Å². The molecule has 1 amide bonds. The highest BCUT2D eigenvalue weighted by Crippen LogP contribution is 2.45. The summed E-state index contributed by atoms with van der Waals surface area (Å²) in [4.78, 5) is 31.6. The number of rotatable bonds is 7. The average molecular weight is 667 g/mol. The molecule has 4 rings (SSSR count). The van der Waals surface area contributed by atoms with Crippen molar-refractivity contribution in [3.8, 4) is 11.1 Å². The summed E-state index contributed by atoms with van der Waals surface area (Å²) >= 11 is 0. The van der Waals surface area contributed by atoms with E-state index in [0.29, 0.717) is 60.2 Å². The molecular formula is C35H37F7N2O3. The van der Waals surface area contributed by atoms with Crippen LogP contribution in [0.5, 0.6) is 0 Å². The second-order valence-electron chi connectivity index (χ2n) is 13.4. The number of benzene rings is 2. The molecule has 0 spiro atoms. The zero-order chi connectivity index (χ0) is 35.3. The van der Waals surface area contributed by atoms with Crippen molar-refractivity contribution in [2.24, 2.45) is 11.3 Å². The Morgan fingerprint density at radius 1 is 0.809 bits per heavy atom. The standard InChI is InChI=1S/C35H37F7N2O3/c1-19-13-25(36)11-12-26(19)27-17-28(20-7-9-21(10-8-20)33(4,5)31(46)47)43-18-29(27)44(6)30(45)32(2,3)22-14-23(34(37,38)39)16-24(15-22)35(40,41)42/h11-18,20-21H,7-10H2,1-6H3,(H,46,47)/t20-,21-. The van der Waals surface area contributed by atoms with Gasteiger partial charge in [0.25, 0.3) is 0 Å². The van der Waals surface area contributed by atoms with Crippen molar-refractivity contribution >= 4 is 17.6 Å². The lowest BCUT2D eigenvalue weighted by Gasteiger charge is -2.36. The van der Waals surface area contributed by atoms with Gasteiger partial charge in [0.15, 0.2) is 0 Å². The van der Waals surface area contributed by atoms with Crippen molar-refractivity contribution in [2.75, 3.05) is 11.9 Å². The first-order valence-electron chi connectivity index (χ1n) is 15.1. The molecule has 1 fully saturated rings. The molecular weight excluding hydrogens is 629 g/mol. The number of aliphatic carboxylic acids is 1. The quantitative estimate of drug-likeness (QED) is 0.255. The Bertz CT molecular complexity index is 1640. The summed E-state index contributed by atoms with van der Waals surface area (Å²) in [5, 5.41) is 9.67. The summed E-state index contributed by atoms with van der Waals surface area (Å²) in [6.45, 7) is 7.60. The van der Waals surface area contributed by atoms with E-state index in [0.717, 1.165) is 4.90 Å². The number of aryl methyl sites for hydroxylation is 1. The summed E-state index contributed by atoms with van der Waals surface area (Å²) in [6, 6.07) is 6.98. The van der Waals surface area contributed by atoms with Crippen molar-refractivity contribution in [1.82, 2.24) is 4.98 Å². The number of hydrogen-bond donors (Lipinski definition) is 1.